The standard InChI is InChI=1S/C8H10FNO2S/c1-10(13(2,11)12)8-6-4-3-5-7(8)9/h3-6H,1-2H3. The number of hydrogen-bond donors (Lipinski definition) is 0. The van der Waals surface area contributed by atoms with Gasteiger partial charge in [0.15, 0.2) is 0 Å². The summed E-state index contributed by atoms with van der Waals surface area (Å²) in [6, 6.07) is 5.72. The van der Waals surface area contributed by atoms with E-state index in [0.29, 0.717) is 0 Å². The number of benzene rings is 1. The Balaban J connectivity index is 3.17. The van der Waals surface area contributed by atoms with E-state index in [2.05, 4.69) is 0 Å². The van der Waals surface area contributed by atoms with Crippen molar-refractivity contribution in [3.63, 3.8) is 0 Å². The number of hydrogen-bond acceptors (Lipinski definition) is 2. The van der Waals surface area contributed by atoms with Gasteiger partial charge in [0, 0.05) is 7.05 Å². The van der Waals surface area contributed by atoms with Crippen molar-refractivity contribution in [1.29, 1.82) is 0 Å². The van der Waals surface area contributed by atoms with Crippen LogP contribution in [0.2, 0.25) is 0 Å². The zero-order valence-corrected chi connectivity index (χ0v) is 8.18. The summed E-state index contributed by atoms with van der Waals surface area (Å²) in [5.74, 6) is -0.546. The molecule has 0 heterocycles. The van der Waals surface area contributed by atoms with Crippen molar-refractivity contribution in [2.45, 2.75) is 0 Å². The second-order valence-corrected chi connectivity index (χ2v) is 4.70. The van der Waals surface area contributed by atoms with Crippen LogP contribution in [0.25, 0.3) is 0 Å². The molecule has 1 rings (SSSR count). The third-order valence-corrected chi connectivity index (χ3v) is 2.88. The zero-order chi connectivity index (χ0) is 10.1. The molecule has 0 saturated carbocycles. The van der Waals surface area contributed by atoms with Crippen LogP contribution in [0.1, 0.15) is 0 Å². The SMILES string of the molecule is CN(c1ccccc1F)S(C)(=O)=O. The number of rotatable bonds is 2. The molecule has 3 nitrogen and oxygen atoms in total. The third kappa shape index (κ3) is 2.18. The fraction of sp³-hybridized carbons (Fsp3) is 0.250. The van der Waals surface area contributed by atoms with Gasteiger partial charge in [0.05, 0.1) is 11.9 Å². The van der Waals surface area contributed by atoms with Gasteiger partial charge in [-0.3, -0.25) is 4.31 Å². The van der Waals surface area contributed by atoms with Crippen molar-refractivity contribution in [3.8, 4) is 0 Å². The maximum Gasteiger partial charge on any atom is 0.232 e. The van der Waals surface area contributed by atoms with E-state index in [4.69, 9.17) is 0 Å². The zero-order valence-electron chi connectivity index (χ0n) is 7.36. The lowest BCUT2D eigenvalue weighted by atomic mass is 10.3. The molecule has 0 N–H and O–H groups in total. The van der Waals surface area contributed by atoms with Crippen LogP contribution < -0.4 is 4.31 Å². The van der Waals surface area contributed by atoms with E-state index < -0.39 is 15.8 Å². The van der Waals surface area contributed by atoms with Gasteiger partial charge in [-0.25, -0.2) is 12.8 Å². The van der Waals surface area contributed by atoms with Gasteiger partial charge in [-0.1, -0.05) is 12.1 Å². The molecule has 0 aliphatic rings. The second-order valence-electron chi connectivity index (χ2n) is 2.68. The Morgan fingerprint density at radius 3 is 2.31 bits per heavy atom. The maximum absolute atomic E-state index is 13.1. The Hall–Kier alpha value is -1.10. The lowest BCUT2D eigenvalue weighted by Gasteiger charge is -2.16. The molecule has 13 heavy (non-hydrogen) atoms. The molecule has 0 amide bonds. The highest BCUT2D eigenvalue weighted by Crippen LogP contribution is 2.18. The van der Waals surface area contributed by atoms with Crippen molar-refractivity contribution in [2.75, 3.05) is 17.6 Å². The van der Waals surface area contributed by atoms with Gasteiger partial charge in [0.2, 0.25) is 10.0 Å². The van der Waals surface area contributed by atoms with Crippen molar-refractivity contribution >= 4 is 15.7 Å². The minimum atomic E-state index is -3.39. The van der Waals surface area contributed by atoms with Crippen molar-refractivity contribution in [3.05, 3.63) is 30.1 Å². The first kappa shape index (κ1) is 9.98. The summed E-state index contributed by atoms with van der Waals surface area (Å²) in [5, 5.41) is 0. The Kier molecular flexibility index (Phi) is 2.56. The molecule has 72 valence electrons. The average molecular weight is 203 g/mol. The highest BCUT2D eigenvalue weighted by atomic mass is 32.2. The number of sulfonamides is 1. The first-order valence-electron chi connectivity index (χ1n) is 3.61. The summed E-state index contributed by atoms with van der Waals surface area (Å²) in [6.45, 7) is 0. The quantitative estimate of drug-likeness (QED) is 0.724. The highest BCUT2D eigenvalue weighted by molar-refractivity contribution is 7.92. The number of para-hydroxylation sites is 1. The van der Waals surface area contributed by atoms with Gasteiger partial charge < -0.3 is 0 Å². The molecule has 0 radical (unpaired) electrons. The van der Waals surface area contributed by atoms with Gasteiger partial charge in [0.25, 0.3) is 0 Å². The molecule has 0 bridgehead atoms. The second kappa shape index (κ2) is 3.33. The third-order valence-electron chi connectivity index (χ3n) is 1.69. The maximum atomic E-state index is 13.1. The Morgan fingerprint density at radius 1 is 1.31 bits per heavy atom. The predicted molar refractivity (Wildman–Crippen MR) is 49.6 cm³/mol. The van der Waals surface area contributed by atoms with Crippen molar-refractivity contribution in [1.82, 2.24) is 0 Å². The van der Waals surface area contributed by atoms with E-state index >= 15 is 0 Å². The van der Waals surface area contributed by atoms with E-state index in [1.54, 1.807) is 6.07 Å². The van der Waals surface area contributed by atoms with Gasteiger partial charge in [-0.2, -0.15) is 0 Å². The lowest BCUT2D eigenvalue weighted by Crippen LogP contribution is -2.25. The van der Waals surface area contributed by atoms with Crippen molar-refractivity contribution in [2.24, 2.45) is 0 Å². The molecule has 0 aliphatic heterocycles. The summed E-state index contributed by atoms with van der Waals surface area (Å²) < 4.78 is 36.1. The van der Waals surface area contributed by atoms with E-state index in [1.165, 1.54) is 25.2 Å². The Bertz CT molecular complexity index is 402. The Labute approximate surface area is 76.8 Å². The highest BCUT2D eigenvalue weighted by Gasteiger charge is 2.14. The monoisotopic (exact) mass is 203 g/mol. The fourth-order valence-electron chi connectivity index (χ4n) is 0.886. The summed E-state index contributed by atoms with van der Waals surface area (Å²) in [7, 11) is -2.07. The van der Waals surface area contributed by atoms with E-state index in [9.17, 15) is 12.8 Å². The van der Waals surface area contributed by atoms with Crippen LogP contribution >= 0.6 is 0 Å². The van der Waals surface area contributed by atoms with Crippen LogP contribution in [0.4, 0.5) is 10.1 Å². The summed E-state index contributed by atoms with van der Waals surface area (Å²) in [5.41, 5.74) is 0.0602. The molecular weight excluding hydrogens is 193 g/mol. The summed E-state index contributed by atoms with van der Waals surface area (Å²) in [6.07, 6.45) is 1.03. The van der Waals surface area contributed by atoms with E-state index in [1.807, 2.05) is 0 Å². The van der Waals surface area contributed by atoms with Crippen LogP contribution in [0.5, 0.6) is 0 Å². The molecule has 5 heteroatoms. The first-order valence-corrected chi connectivity index (χ1v) is 5.46. The minimum absolute atomic E-state index is 0.0602. The van der Waals surface area contributed by atoms with Crippen LogP contribution in [-0.2, 0) is 10.0 Å². The van der Waals surface area contributed by atoms with Gasteiger partial charge in [-0.15, -0.1) is 0 Å². The molecule has 0 aliphatic carbocycles. The number of halogens is 1. The van der Waals surface area contributed by atoms with Crippen molar-refractivity contribution < 1.29 is 12.8 Å². The normalized spacial score (nSPS) is 11.3. The molecule has 0 spiro atoms. The van der Waals surface area contributed by atoms with Gasteiger partial charge >= 0.3 is 0 Å². The topological polar surface area (TPSA) is 37.4 Å². The molecule has 0 atom stereocenters. The molecular formula is C8H10FNO2S. The fourth-order valence-corrected chi connectivity index (χ4v) is 1.39. The molecule has 1 aromatic rings. The molecule has 0 saturated heterocycles. The lowest BCUT2D eigenvalue weighted by molar-refractivity contribution is 0.595. The number of anilines is 1. The predicted octanol–water partition coefficient (Wildman–Crippen LogP) is 1.22. The van der Waals surface area contributed by atoms with E-state index in [-0.39, 0.29) is 5.69 Å². The van der Waals surface area contributed by atoms with Crippen LogP contribution in [0.3, 0.4) is 0 Å². The van der Waals surface area contributed by atoms with Gasteiger partial charge in [0.1, 0.15) is 5.82 Å². The largest absolute Gasteiger partial charge is 0.271 e. The first-order chi connectivity index (χ1) is 5.93. The molecule has 0 fully saturated rings. The smallest absolute Gasteiger partial charge is 0.232 e. The minimum Gasteiger partial charge on any atom is -0.271 e. The van der Waals surface area contributed by atoms with E-state index in [0.717, 1.165) is 10.6 Å². The average Bonchev–Trinajstić information content (AvgIpc) is 2.02. The van der Waals surface area contributed by atoms with Crippen LogP contribution in [-0.4, -0.2) is 21.7 Å². The van der Waals surface area contributed by atoms with Crippen LogP contribution in [0.15, 0.2) is 24.3 Å². The number of nitrogens with zero attached hydrogens (tertiary/aromatic N) is 1. The van der Waals surface area contributed by atoms with Gasteiger partial charge in [-0.05, 0) is 12.1 Å². The summed E-state index contributed by atoms with van der Waals surface area (Å²) in [4.78, 5) is 0. The Morgan fingerprint density at radius 2 is 1.85 bits per heavy atom. The van der Waals surface area contributed by atoms with Crippen LogP contribution in [0, 0.1) is 5.82 Å². The molecule has 1 aromatic carbocycles. The molecule has 0 aromatic heterocycles. The summed E-state index contributed by atoms with van der Waals surface area (Å²) >= 11 is 0. The molecule has 0 unspecified atom stereocenters.